The molecule has 2 atom stereocenters. The van der Waals surface area contributed by atoms with Gasteiger partial charge in [-0.2, -0.15) is 0 Å². The maximum atomic E-state index is 12.9. The van der Waals surface area contributed by atoms with Crippen molar-refractivity contribution in [3.8, 4) is 0 Å². The van der Waals surface area contributed by atoms with E-state index < -0.39 is 16.9 Å². The predicted molar refractivity (Wildman–Crippen MR) is 67.8 cm³/mol. The van der Waals surface area contributed by atoms with Crippen molar-refractivity contribution in [1.82, 2.24) is 5.32 Å². The van der Waals surface area contributed by atoms with Crippen molar-refractivity contribution in [3.05, 3.63) is 35.6 Å². The van der Waals surface area contributed by atoms with Crippen molar-refractivity contribution < 1.29 is 13.7 Å². The van der Waals surface area contributed by atoms with Crippen molar-refractivity contribution in [3.63, 3.8) is 0 Å². The fourth-order valence-electron chi connectivity index (χ4n) is 1.47. The van der Waals surface area contributed by atoms with Crippen LogP contribution in [-0.4, -0.2) is 34.4 Å². The molecule has 0 aliphatic carbocycles. The number of benzene rings is 1. The van der Waals surface area contributed by atoms with Gasteiger partial charge in [0.25, 0.3) is 0 Å². The zero-order valence-corrected chi connectivity index (χ0v) is 10.7. The molecule has 1 aromatic carbocycles. The molecule has 17 heavy (non-hydrogen) atoms. The number of aliphatic hydroxyl groups is 1. The minimum Gasteiger partial charge on any atom is -0.387 e. The Bertz CT molecular complexity index is 373. The molecule has 2 N–H and O–H groups in total. The fraction of sp³-hybridized carbons (Fsp3) is 0.500. The lowest BCUT2D eigenvalue weighted by Gasteiger charge is -2.12. The van der Waals surface area contributed by atoms with Gasteiger partial charge in [0.15, 0.2) is 0 Å². The topological polar surface area (TPSA) is 49.3 Å². The van der Waals surface area contributed by atoms with Gasteiger partial charge < -0.3 is 10.4 Å². The van der Waals surface area contributed by atoms with E-state index in [1.807, 2.05) is 0 Å². The van der Waals surface area contributed by atoms with Crippen LogP contribution in [0.2, 0.25) is 0 Å². The van der Waals surface area contributed by atoms with Crippen molar-refractivity contribution in [1.29, 1.82) is 0 Å². The number of hydrogen-bond acceptors (Lipinski definition) is 3. The molecule has 0 amide bonds. The summed E-state index contributed by atoms with van der Waals surface area (Å²) in [6, 6.07) is 5.94. The second kappa shape index (κ2) is 7.53. The second-order valence-corrected chi connectivity index (χ2v) is 5.46. The minimum atomic E-state index is -0.771. The Kier molecular flexibility index (Phi) is 6.32. The Morgan fingerprint density at radius 2 is 2.29 bits per heavy atom. The molecule has 0 saturated carbocycles. The summed E-state index contributed by atoms with van der Waals surface area (Å²) in [4.78, 5) is 0. The van der Waals surface area contributed by atoms with Gasteiger partial charge in [0.1, 0.15) is 5.82 Å². The summed E-state index contributed by atoms with van der Waals surface area (Å²) in [5, 5.41) is 12.8. The van der Waals surface area contributed by atoms with Gasteiger partial charge in [-0.1, -0.05) is 12.1 Å². The van der Waals surface area contributed by atoms with Gasteiger partial charge in [0, 0.05) is 29.4 Å². The number of aliphatic hydroxyl groups excluding tert-OH is 1. The van der Waals surface area contributed by atoms with Gasteiger partial charge in [-0.3, -0.25) is 4.21 Å². The molecule has 0 saturated heterocycles. The average molecular weight is 259 g/mol. The molecule has 0 aliphatic heterocycles. The molecule has 1 aromatic rings. The van der Waals surface area contributed by atoms with Crippen molar-refractivity contribution in [2.24, 2.45) is 0 Å². The van der Waals surface area contributed by atoms with Gasteiger partial charge in [-0.05, 0) is 30.7 Å². The van der Waals surface area contributed by atoms with Gasteiger partial charge in [-0.15, -0.1) is 0 Å². The quantitative estimate of drug-likeness (QED) is 0.724. The summed E-state index contributed by atoms with van der Waals surface area (Å²) in [5.41, 5.74) is 0.566. The van der Waals surface area contributed by atoms with Crippen molar-refractivity contribution in [2.45, 2.75) is 12.5 Å². The number of nitrogens with one attached hydrogen (secondary N) is 1. The molecular weight excluding hydrogens is 241 g/mol. The smallest absolute Gasteiger partial charge is 0.123 e. The number of hydrogen-bond donors (Lipinski definition) is 2. The highest BCUT2D eigenvalue weighted by Crippen LogP contribution is 2.12. The molecule has 3 nitrogen and oxygen atoms in total. The van der Waals surface area contributed by atoms with Crippen molar-refractivity contribution in [2.75, 3.05) is 25.1 Å². The highest BCUT2D eigenvalue weighted by atomic mass is 32.2. The van der Waals surface area contributed by atoms with E-state index in [2.05, 4.69) is 5.32 Å². The van der Waals surface area contributed by atoms with E-state index in [1.54, 1.807) is 18.4 Å². The number of rotatable bonds is 7. The van der Waals surface area contributed by atoms with Gasteiger partial charge in [-0.25, -0.2) is 4.39 Å². The average Bonchev–Trinajstić information content (AvgIpc) is 2.28. The lowest BCUT2D eigenvalue weighted by molar-refractivity contribution is 0.174. The summed E-state index contributed by atoms with van der Waals surface area (Å²) < 4.78 is 23.7. The maximum absolute atomic E-state index is 12.9. The monoisotopic (exact) mass is 259 g/mol. The predicted octanol–water partition coefficient (Wildman–Crippen LogP) is 1.22. The molecule has 5 heteroatoms. The molecule has 0 bridgehead atoms. The Labute approximate surface area is 104 Å². The summed E-state index contributed by atoms with van der Waals surface area (Å²) in [5.74, 6) is 0.311. The van der Waals surface area contributed by atoms with Crippen LogP contribution in [0.4, 0.5) is 4.39 Å². The van der Waals surface area contributed by atoms with Gasteiger partial charge in [0.2, 0.25) is 0 Å². The first kappa shape index (κ1) is 14.3. The minimum absolute atomic E-state index is 0.345. The Morgan fingerprint density at radius 3 is 2.94 bits per heavy atom. The van der Waals surface area contributed by atoms with Crippen LogP contribution in [0.3, 0.4) is 0 Å². The van der Waals surface area contributed by atoms with E-state index in [0.29, 0.717) is 24.4 Å². The van der Waals surface area contributed by atoms with E-state index in [4.69, 9.17) is 0 Å². The van der Waals surface area contributed by atoms with Crippen LogP contribution in [0.1, 0.15) is 18.1 Å². The van der Waals surface area contributed by atoms with E-state index in [0.717, 1.165) is 6.42 Å². The second-order valence-electron chi connectivity index (χ2n) is 3.91. The molecule has 0 spiro atoms. The Morgan fingerprint density at radius 1 is 1.53 bits per heavy atom. The first-order chi connectivity index (χ1) is 8.09. The SMILES string of the molecule is CS(=O)CCCNCC(O)c1cccc(F)c1. The van der Waals surface area contributed by atoms with Crippen molar-refractivity contribution >= 4 is 10.8 Å². The van der Waals surface area contributed by atoms with E-state index in [1.165, 1.54) is 12.1 Å². The molecule has 96 valence electrons. The van der Waals surface area contributed by atoms with Gasteiger partial charge in [0.05, 0.1) is 6.10 Å². The van der Waals surface area contributed by atoms with Crippen LogP contribution in [0.15, 0.2) is 24.3 Å². The third-order valence-corrected chi connectivity index (χ3v) is 3.22. The van der Waals surface area contributed by atoms with Gasteiger partial charge >= 0.3 is 0 Å². The summed E-state index contributed by atoms with van der Waals surface area (Å²) in [7, 11) is -0.771. The fourth-order valence-corrected chi connectivity index (χ4v) is 2.02. The van der Waals surface area contributed by atoms with Crippen LogP contribution in [0.5, 0.6) is 0 Å². The molecule has 0 radical (unpaired) electrons. The zero-order chi connectivity index (χ0) is 12.7. The lowest BCUT2D eigenvalue weighted by Crippen LogP contribution is -2.23. The highest BCUT2D eigenvalue weighted by Gasteiger charge is 2.07. The first-order valence-corrected chi connectivity index (χ1v) is 7.26. The first-order valence-electron chi connectivity index (χ1n) is 5.54. The van der Waals surface area contributed by atoms with E-state index in [-0.39, 0.29) is 5.82 Å². The van der Waals surface area contributed by atoms with E-state index >= 15 is 0 Å². The van der Waals surface area contributed by atoms with E-state index in [9.17, 15) is 13.7 Å². The summed E-state index contributed by atoms with van der Waals surface area (Å²) in [6.07, 6.45) is 1.76. The van der Waals surface area contributed by atoms with Crippen LogP contribution in [0, 0.1) is 5.82 Å². The molecule has 0 aliphatic rings. The molecule has 0 heterocycles. The standard InChI is InChI=1S/C12H18FNO2S/c1-17(16)7-3-6-14-9-12(15)10-4-2-5-11(13)8-10/h2,4-5,8,12,14-15H,3,6-7,9H2,1H3. The molecular formula is C12H18FNO2S. The van der Waals surface area contributed by atoms with Crippen LogP contribution in [0.25, 0.3) is 0 Å². The van der Waals surface area contributed by atoms with Crippen LogP contribution < -0.4 is 5.32 Å². The van der Waals surface area contributed by atoms with Crippen LogP contribution in [-0.2, 0) is 10.8 Å². The number of halogens is 1. The largest absolute Gasteiger partial charge is 0.387 e. The van der Waals surface area contributed by atoms with Crippen LogP contribution >= 0.6 is 0 Å². The molecule has 2 unspecified atom stereocenters. The normalized spacial score (nSPS) is 14.5. The Hall–Kier alpha value is -0.780. The maximum Gasteiger partial charge on any atom is 0.123 e. The summed E-state index contributed by atoms with van der Waals surface area (Å²) >= 11 is 0. The Balaban J connectivity index is 2.25. The zero-order valence-electron chi connectivity index (χ0n) is 9.86. The third-order valence-electron chi connectivity index (χ3n) is 2.36. The summed E-state index contributed by atoms with van der Waals surface area (Å²) in [6.45, 7) is 1.08. The lowest BCUT2D eigenvalue weighted by atomic mass is 10.1. The molecule has 1 rings (SSSR count). The molecule has 0 aromatic heterocycles. The highest BCUT2D eigenvalue weighted by molar-refractivity contribution is 7.84. The third kappa shape index (κ3) is 5.91. The molecule has 0 fully saturated rings.